The van der Waals surface area contributed by atoms with E-state index in [1.54, 1.807) is 64.6 Å². The van der Waals surface area contributed by atoms with Crippen molar-refractivity contribution >= 4 is 86.4 Å². The molecule has 5 N–H and O–H groups in total. The number of carbonyl (C=O) groups is 8. The number of likely N-dealkylation sites (tertiary alicyclic amines) is 4. The summed E-state index contributed by atoms with van der Waals surface area (Å²) in [6.07, 6.45) is 11.4. The van der Waals surface area contributed by atoms with Crippen LogP contribution >= 0.6 is 0 Å². The van der Waals surface area contributed by atoms with Crippen molar-refractivity contribution in [1.82, 2.24) is 59.8 Å². The summed E-state index contributed by atoms with van der Waals surface area (Å²) in [5.41, 5.74) is 10.6. The fourth-order valence-corrected chi connectivity index (χ4v) is 13.7. The summed E-state index contributed by atoms with van der Waals surface area (Å²) < 4.78 is 24.4. The van der Waals surface area contributed by atoms with Gasteiger partial charge in [-0.25, -0.2) is 14.4 Å². The molecule has 5 fully saturated rings. The van der Waals surface area contributed by atoms with Gasteiger partial charge in [0.15, 0.2) is 11.5 Å². The molecule has 3 aromatic heterocycles. The molecule has 0 aliphatic carbocycles. The molecular formula is C66H82FN15O9. The van der Waals surface area contributed by atoms with Crippen LogP contribution in [0.25, 0.3) is 32.9 Å². The first kappa shape index (κ1) is 63.5. The molecule has 7 amide bonds. The summed E-state index contributed by atoms with van der Waals surface area (Å²) in [5, 5.41) is 18.9. The maximum absolute atomic E-state index is 16.1. The van der Waals surface area contributed by atoms with Gasteiger partial charge in [0.25, 0.3) is 5.91 Å². The zero-order valence-electron chi connectivity index (χ0n) is 52.2. The van der Waals surface area contributed by atoms with Gasteiger partial charge in [0.1, 0.15) is 24.7 Å². The maximum Gasteiger partial charge on any atom is 0.325 e. The number of nitrogens with two attached hydrogens (primary N) is 1. The van der Waals surface area contributed by atoms with Gasteiger partial charge < -0.3 is 50.9 Å². The number of esters is 1. The van der Waals surface area contributed by atoms with Crippen LogP contribution in [0.15, 0.2) is 67.0 Å². The lowest BCUT2D eigenvalue weighted by molar-refractivity contribution is -0.147. The van der Waals surface area contributed by atoms with Crippen molar-refractivity contribution in [3.8, 4) is 11.1 Å². The second-order valence-electron chi connectivity index (χ2n) is 25.1. The zero-order chi connectivity index (χ0) is 63.9. The van der Waals surface area contributed by atoms with E-state index < -0.39 is 29.5 Å². The van der Waals surface area contributed by atoms with Crippen LogP contribution in [-0.4, -0.2) is 181 Å². The fraction of sp³-hybridized carbons (Fsp3) is 0.515. The maximum atomic E-state index is 16.1. The molecule has 0 unspecified atom stereocenters. The third-order valence-corrected chi connectivity index (χ3v) is 18.7. The van der Waals surface area contributed by atoms with Crippen LogP contribution in [0.3, 0.4) is 0 Å². The normalized spacial score (nSPS) is 17.4. The molecule has 0 bridgehead atoms. The van der Waals surface area contributed by atoms with Crippen LogP contribution in [0, 0.1) is 17.7 Å². The molecule has 0 spiro atoms. The average molecular weight is 1250 g/mol. The summed E-state index contributed by atoms with van der Waals surface area (Å²) in [7, 11) is 1.78. The van der Waals surface area contributed by atoms with Gasteiger partial charge in [0.05, 0.1) is 41.8 Å². The van der Waals surface area contributed by atoms with Gasteiger partial charge >= 0.3 is 5.97 Å². The number of nitrogens with one attached hydrogen (secondary N) is 3. The Kier molecular flexibility index (Phi) is 19.8. The van der Waals surface area contributed by atoms with Crippen molar-refractivity contribution in [3.05, 3.63) is 89.8 Å². The number of halogens is 1. The SMILES string of the molecule is CC(C)OC(=O)CNC(=O)CNC(=O)Cn1nc(C2CCN(C(=O)CCC(=O)N3CCC(C(=O)N4CCC(C(=O)N5CCC(c6ccc(Nc7nc(N8CCCCC8)cnc7C(N)=O)cc6)CC5)CC4)CC3)CC2)c2c(-c3cc4c(cnn4C)cc3F)cccc21. The van der Waals surface area contributed by atoms with E-state index in [2.05, 4.69) is 43.1 Å². The van der Waals surface area contributed by atoms with Crippen LogP contribution in [0.1, 0.15) is 131 Å². The summed E-state index contributed by atoms with van der Waals surface area (Å²) >= 11 is 0. The highest BCUT2D eigenvalue weighted by Crippen LogP contribution is 2.41. The number of hydrogen-bond donors (Lipinski definition) is 4. The third kappa shape index (κ3) is 14.9. The predicted octanol–water partition coefficient (Wildman–Crippen LogP) is 5.91. The number of piperidine rings is 5. The lowest BCUT2D eigenvalue weighted by Crippen LogP contribution is -2.49. The van der Waals surface area contributed by atoms with Gasteiger partial charge in [0.2, 0.25) is 35.4 Å². The first-order valence-electron chi connectivity index (χ1n) is 32.2. The molecule has 0 atom stereocenters. The first-order chi connectivity index (χ1) is 43.9. The summed E-state index contributed by atoms with van der Waals surface area (Å²) in [6, 6.07) is 16.7. The molecular weight excluding hydrogens is 1170 g/mol. The van der Waals surface area contributed by atoms with Gasteiger partial charge in [-0.1, -0.05) is 24.3 Å². The van der Waals surface area contributed by atoms with Crippen molar-refractivity contribution in [3.63, 3.8) is 0 Å². The minimum atomic E-state index is -0.648. The van der Waals surface area contributed by atoms with Crippen LogP contribution < -0.4 is 26.6 Å². The van der Waals surface area contributed by atoms with Crippen molar-refractivity contribution in [2.75, 3.05) is 88.8 Å². The monoisotopic (exact) mass is 1250 g/mol. The number of nitrogens with zero attached hydrogens (tertiary/aromatic N) is 11. The number of anilines is 3. The number of amides is 7. The lowest BCUT2D eigenvalue weighted by atomic mass is 9.87. The molecule has 8 heterocycles. The minimum Gasteiger partial charge on any atom is -0.462 e. The average Bonchev–Trinajstić information content (AvgIpc) is 1.66. The van der Waals surface area contributed by atoms with Crippen LogP contribution in [0.4, 0.5) is 21.7 Å². The Hall–Kier alpha value is -9.03. The highest BCUT2D eigenvalue weighted by molar-refractivity contribution is 6.00. The standard InChI is InChI=1S/C66H82FN15O9/c1-41(2)91-59(87)39-70-55(83)38-69-56(84)40-82-52-9-7-8-49(50-35-53-47(34-51(50)67)36-72-76(53)3)60(52)61(75-82)44-18-26-78(27-19-44)57(85)14-15-58(86)79-28-20-45(21-29-79)65(89)81-32-22-46(23-33-81)66(90)80-30-16-43(17-31-80)42-10-12-48(13-11-42)73-64-62(63(68)88)71-37-54(74-64)77-24-5-4-6-25-77/h7-13,34-37,41,43-46H,4-6,14-33,38-40H2,1-3H3,(H2,68,88)(H,69,84)(H,70,83)(H,73,74). The molecule has 482 valence electrons. The summed E-state index contributed by atoms with van der Waals surface area (Å²) in [4.78, 5) is 124. The van der Waals surface area contributed by atoms with Gasteiger partial charge in [0, 0.05) is 125 Å². The molecule has 91 heavy (non-hydrogen) atoms. The van der Waals surface area contributed by atoms with Crippen molar-refractivity contribution < 1.29 is 47.5 Å². The molecule has 3 aromatic carbocycles. The van der Waals surface area contributed by atoms with Gasteiger partial charge in [-0.15, -0.1) is 0 Å². The molecule has 24 nitrogen and oxygen atoms in total. The number of ether oxygens (including phenoxy) is 1. The Balaban J connectivity index is 0.617. The van der Waals surface area contributed by atoms with E-state index in [9.17, 15) is 38.4 Å². The zero-order valence-corrected chi connectivity index (χ0v) is 52.2. The highest BCUT2D eigenvalue weighted by Gasteiger charge is 2.37. The largest absolute Gasteiger partial charge is 0.462 e. The number of aryl methyl sites for hydroxylation is 1. The van der Waals surface area contributed by atoms with Crippen molar-refractivity contribution in [1.29, 1.82) is 0 Å². The Bertz CT molecular complexity index is 3680. The van der Waals surface area contributed by atoms with Crippen LogP contribution in [0.2, 0.25) is 0 Å². The number of fused-ring (bicyclic) bond motifs is 2. The molecule has 5 saturated heterocycles. The number of aromatic nitrogens is 6. The number of carbonyl (C=O) groups excluding carboxylic acids is 8. The molecule has 11 rings (SSSR count). The van der Waals surface area contributed by atoms with E-state index in [1.165, 1.54) is 18.1 Å². The number of primary amides is 1. The van der Waals surface area contributed by atoms with E-state index >= 15 is 4.39 Å². The summed E-state index contributed by atoms with van der Waals surface area (Å²) in [6.45, 7) is 8.22. The van der Waals surface area contributed by atoms with E-state index in [4.69, 9.17) is 20.6 Å². The quantitative estimate of drug-likeness (QED) is 0.0687. The lowest BCUT2D eigenvalue weighted by Gasteiger charge is -2.39. The fourth-order valence-electron chi connectivity index (χ4n) is 13.7. The number of rotatable bonds is 19. The molecule has 0 radical (unpaired) electrons. The van der Waals surface area contributed by atoms with E-state index in [0.29, 0.717) is 136 Å². The van der Waals surface area contributed by atoms with Gasteiger partial charge in [-0.05, 0) is 132 Å². The molecule has 5 aliphatic heterocycles. The minimum absolute atomic E-state index is 0.0424. The summed E-state index contributed by atoms with van der Waals surface area (Å²) in [5.74, 6) is -1.98. The molecule has 25 heteroatoms. The molecule has 0 saturated carbocycles. The van der Waals surface area contributed by atoms with Gasteiger partial charge in [-0.3, -0.25) is 47.7 Å². The van der Waals surface area contributed by atoms with Crippen LogP contribution in [-0.2, 0) is 51.9 Å². The highest BCUT2D eigenvalue weighted by atomic mass is 19.1. The number of benzene rings is 3. The first-order valence-corrected chi connectivity index (χ1v) is 32.2. The Morgan fingerprint density at radius 1 is 0.659 bits per heavy atom. The topological polar surface area (TPSA) is 286 Å². The van der Waals surface area contributed by atoms with Gasteiger partial charge in [-0.2, -0.15) is 10.2 Å². The third-order valence-electron chi connectivity index (χ3n) is 18.7. The van der Waals surface area contributed by atoms with E-state index in [0.717, 1.165) is 55.8 Å². The molecule has 5 aliphatic rings. The van der Waals surface area contributed by atoms with E-state index in [1.807, 2.05) is 34.1 Å². The van der Waals surface area contributed by atoms with Crippen molar-refractivity contribution in [2.45, 2.75) is 122 Å². The second kappa shape index (κ2) is 28.4. The van der Waals surface area contributed by atoms with E-state index in [-0.39, 0.29) is 85.7 Å². The molecule has 6 aromatic rings. The second-order valence-corrected chi connectivity index (χ2v) is 25.1. The Morgan fingerprint density at radius 2 is 1.25 bits per heavy atom. The Morgan fingerprint density at radius 3 is 1.88 bits per heavy atom. The predicted molar refractivity (Wildman–Crippen MR) is 338 cm³/mol. The van der Waals surface area contributed by atoms with Crippen molar-refractivity contribution in [2.24, 2.45) is 24.6 Å². The number of hydrogen-bond acceptors (Lipinski definition) is 15. The van der Waals surface area contributed by atoms with Crippen LogP contribution in [0.5, 0.6) is 0 Å². The Labute approximate surface area is 527 Å². The smallest absolute Gasteiger partial charge is 0.325 e.